The van der Waals surface area contributed by atoms with Crippen molar-refractivity contribution in [3.63, 3.8) is 0 Å². The zero-order valence-corrected chi connectivity index (χ0v) is 19.6. The Morgan fingerprint density at radius 2 is 2.00 bits per heavy atom. The number of likely N-dealkylation sites (N-methyl/N-ethyl adjacent to an activating group) is 1. The monoisotopic (exact) mass is 481 g/mol. The van der Waals surface area contributed by atoms with Crippen LogP contribution in [-0.4, -0.2) is 62.6 Å². The summed E-state index contributed by atoms with van der Waals surface area (Å²) in [5.74, 6) is 1.16. The molecule has 26 heavy (non-hydrogen) atoms. The molecule has 1 aliphatic rings. The van der Waals surface area contributed by atoms with Crippen LogP contribution in [0.15, 0.2) is 4.99 Å². The summed E-state index contributed by atoms with van der Waals surface area (Å²) in [4.78, 5) is 18.9. The van der Waals surface area contributed by atoms with Crippen LogP contribution in [0.4, 0.5) is 0 Å². The van der Waals surface area contributed by atoms with Gasteiger partial charge < -0.3 is 20.9 Å². The molecule has 0 aromatic rings. The topological polar surface area (TPSA) is 68.8 Å². The third-order valence-corrected chi connectivity index (χ3v) is 4.72. The van der Waals surface area contributed by atoms with E-state index in [1.807, 2.05) is 20.9 Å². The van der Waals surface area contributed by atoms with Crippen molar-refractivity contribution in [1.29, 1.82) is 0 Å². The average molecular weight is 481 g/mol. The molecule has 3 N–H and O–H groups in total. The molecule has 154 valence electrons. The minimum Gasteiger partial charge on any atom is -0.355 e. The predicted molar refractivity (Wildman–Crippen MR) is 121 cm³/mol. The molecule has 6 nitrogen and oxygen atoms in total. The molecule has 0 spiro atoms. The molecule has 0 heterocycles. The highest BCUT2D eigenvalue weighted by Crippen LogP contribution is 2.24. The van der Waals surface area contributed by atoms with Crippen LogP contribution in [0.5, 0.6) is 0 Å². The Labute approximate surface area is 177 Å². The van der Waals surface area contributed by atoms with Crippen molar-refractivity contribution in [2.75, 3.05) is 33.7 Å². The molecule has 7 heteroatoms. The van der Waals surface area contributed by atoms with E-state index in [0.29, 0.717) is 6.04 Å². The van der Waals surface area contributed by atoms with E-state index in [9.17, 15) is 4.79 Å². The number of amides is 1. The number of nitrogens with one attached hydrogen (secondary N) is 3. The number of guanidine groups is 1. The Bertz CT molecular complexity index is 417. The first-order chi connectivity index (χ1) is 12.0. The first-order valence-electron chi connectivity index (χ1n) is 9.92. The molecule has 0 aliphatic heterocycles. The van der Waals surface area contributed by atoms with Crippen molar-refractivity contribution in [1.82, 2.24) is 20.9 Å². The lowest BCUT2D eigenvalue weighted by molar-refractivity contribution is -0.126. The average Bonchev–Trinajstić information content (AvgIpc) is 2.58. The summed E-state index contributed by atoms with van der Waals surface area (Å²) < 4.78 is 0. The van der Waals surface area contributed by atoms with Crippen LogP contribution in [0.2, 0.25) is 0 Å². The standard InChI is InChI=1S/C19H39N5O.HI/c1-6-7-12-24(5)13-11-21-19(20-4)23-17-10-8-9-16(14-17)18(25)22-15(2)3;/h15-17H,6-14H2,1-5H3,(H,22,25)(H2,20,21,23);1H. The van der Waals surface area contributed by atoms with E-state index in [0.717, 1.165) is 51.3 Å². The van der Waals surface area contributed by atoms with E-state index in [-0.39, 0.29) is 41.8 Å². The molecule has 0 aromatic heterocycles. The van der Waals surface area contributed by atoms with Crippen molar-refractivity contribution < 1.29 is 4.79 Å². The number of rotatable bonds is 9. The molecular weight excluding hydrogens is 441 g/mol. The zero-order chi connectivity index (χ0) is 18.7. The number of aliphatic imine (C=N–C) groups is 1. The van der Waals surface area contributed by atoms with Crippen molar-refractivity contribution in [2.45, 2.75) is 71.4 Å². The number of unbranched alkanes of at least 4 members (excludes halogenated alkanes) is 1. The van der Waals surface area contributed by atoms with Gasteiger partial charge in [-0.1, -0.05) is 19.8 Å². The van der Waals surface area contributed by atoms with Gasteiger partial charge in [0.2, 0.25) is 5.91 Å². The molecule has 2 unspecified atom stereocenters. The SMILES string of the molecule is CCCCN(C)CCNC(=NC)NC1CCCC(C(=O)NC(C)C)C1.I. The quantitative estimate of drug-likeness (QED) is 0.269. The van der Waals surface area contributed by atoms with Crippen LogP contribution < -0.4 is 16.0 Å². The molecule has 1 amide bonds. The fourth-order valence-electron chi connectivity index (χ4n) is 3.25. The van der Waals surface area contributed by atoms with Gasteiger partial charge in [0.1, 0.15) is 0 Å². The molecule has 2 atom stereocenters. The summed E-state index contributed by atoms with van der Waals surface area (Å²) in [7, 11) is 3.97. The van der Waals surface area contributed by atoms with E-state index in [1.165, 1.54) is 12.8 Å². The Morgan fingerprint density at radius 3 is 2.62 bits per heavy atom. The highest BCUT2D eigenvalue weighted by Gasteiger charge is 2.27. The number of hydrogen-bond donors (Lipinski definition) is 3. The lowest BCUT2D eigenvalue weighted by Gasteiger charge is -2.30. The second kappa shape index (κ2) is 14.5. The van der Waals surface area contributed by atoms with E-state index in [4.69, 9.17) is 0 Å². The lowest BCUT2D eigenvalue weighted by Crippen LogP contribution is -2.48. The number of carbonyl (C=O) groups is 1. The van der Waals surface area contributed by atoms with Gasteiger partial charge in [0.15, 0.2) is 5.96 Å². The van der Waals surface area contributed by atoms with E-state index < -0.39 is 0 Å². The van der Waals surface area contributed by atoms with Crippen LogP contribution in [0, 0.1) is 5.92 Å². The van der Waals surface area contributed by atoms with Gasteiger partial charge in [-0.15, -0.1) is 24.0 Å². The van der Waals surface area contributed by atoms with Crippen LogP contribution >= 0.6 is 24.0 Å². The van der Waals surface area contributed by atoms with Crippen molar-refractivity contribution >= 4 is 35.8 Å². The fourth-order valence-corrected chi connectivity index (χ4v) is 3.25. The third kappa shape index (κ3) is 10.5. The number of carbonyl (C=O) groups excluding carboxylic acids is 1. The maximum absolute atomic E-state index is 12.3. The summed E-state index contributed by atoms with van der Waals surface area (Å²) in [5, 5.41) is 9.94. The van der Waals surface area contributed by atoms with Gasteiger partial charge in [-0.3, -0.25) is 9.79 Å². The molecule has 0 bridgehead atoms. The number of hydrogen-bond acceptors (Lipinski definition) is 3. The highest BCUT2D eigenvalue weighted by atomic mass is 127. The van der Waals surface area contributed by atoms with Gasteiger partial charge in [-0.25, -0.2) is 0 Å². The van der Waals surface area contributed by atoms with Gasteiger partial charge in [-0.2, -0.15) is 0 Å². The molecule has 1 saturated carbocycles. The largest absolute Gasteiger partial charge is 0.355 e. The maximum Gasteiger partial charge on any atom is 0.223 e. The van der Waals surface area contributed by atoms with E-state index in [1.54, 1.807) is 0 Å². The summed E-state index contributed by atoms with van der Waals surface area (Å²) in [6.45, 7) is 9.27. The van der Waals surface area contributed by atoms with Crippen molar-refractivity contribution in [3.8, 4) is 0 Å². The summed E-state index contributed by atoms with van der Waals surface area (Å²) >= 11 is 0. The van der Waals surface area contributed by atoms with Gasteiger partial charge >= 0.3 is 0 Å². The molecule has 1 fully saturated rings. The van der Waals surface area contributed by atoms with Gasteiger partial charge in [0.25, 0.3) is 0 Å². The fraction of sp³-hybridized carbons (Fsp3) is 0.895. The van der Waals surface area contributed by atoms with Crippen molar-refractivity contribution in [3.05, 3.63) is 0 Å². The molecule has 0 radical (unpaired) electrons. The number of halogens is 1. The zero-order valence-electron chi connectivity index (χ0n) is 17.3. The third-order valence-electron chi connectivity index (χ3n) is 4.72. The molecule has 1 aliphatic carbocycles. The molecule has 1 rings (SSSR count). The van der Waals surface area contributed by atoms with E-state index in [2.05, 4.69) is 39.8 Å². The first-order valence-corrected chi connectivity index (χ1v) is 9.92. The highest BCUT2D eigenvalue weighted by molar-refractivity contribution is 14.0. The normalized spacial score (nSPS) is 20.7. The van der Waals surface area contributed by atoms with Crippen LogP contribution in [-0.2, 0) is 4.79 Å². The van der Waals surface area contributed by atoms with Gasteiger partial charge in [0, 0.05) is 38.1 Å². The second-order valence-corrected chi connectivity index (χ2v) is 7.52. The van der Waals surface area contributed by atoms with Crippen molar-refractivity contribution in [2.24, 2.45) is 10.9 Å². The number of nitrogens with zero attached hydrogens (tertiary/aromatic N) is 2. The second-order valence-electron chi connectivity index (χ2n) is 7.52. The van der Waals surface area contributed by atoms with Gasteiger partial charge in [0.05, 0.1) is 0 Å². The molecule has 0 aromatic carbocycles. The summed E-state index contributed by atoms with van der Waals surface area (Å²) in [5.41, 5.74) is 0. The molecular formula is C19H40IN5O. The Kier molecular flexibility index (Phi) is 14.2. The Balaban J connectivity index is 0.00000625. The smallest absolute Gasteiger partial charge is 0.223 e. The Hall–Kier alpha value is -0.570. The lowest BCUT2D eigenvalue weighted by atomic mass is 9.85. The minimum atomic E-state index is 0. The van der Waals surface area contributed by atoms with Crippen LogP contribution in [0.1, 0.15) is 59.3 Å². The van der Waals surface area contributed by atoms with Crippen LogP contribution in [0.3, 0.4) is 0 Å². The Morgan fingerprint density at radius 1 is 1.27 bits per heavy atom. The minimum absolute atomic E-state index is 0. The predicted octanol–water partition coefficient (Wildman–Crippen LogP) is 2.58. The van der Waals surface area contributed by atoms with Crippen LogP contribution in [0.25, 0.3) is 0 Å². The summed E-state index contributed by atoms with van der Waals surface area (Å²) in [6.07, 6.45) is 6.54. The first kappa shape index (κ1) is 25.4. The van der Waals surface area contributed by atoms with Gasteiger partial charge in [-0.05, 0) is 53.1 Å². The maximum atomic E-state index is 12.3. The molecule has 0 saturated heterocycles. The van der Waals surface area contributed by atoms with E-state index >= 15 is 0 Å². The summed E-state index contributed by atoms with van der Waals surface area (Å²) in [6, 6.07) is 0.528.